The van der Waals surface area contributed by atoms with Gasteiger partial charge in [0.1, 0.15) is 13.2 Å². The van der Waals surface area contributed by atoms with Crippen LogP contribution in [0.2, 0.25) is 0 Å². The highest BCUT2D eigenvalue weighted by molar-refractivity contribution is 7.47. The van der Waals surface area contributed by atoms with Crippen molar-refractivity contribution in [1.29, 1.82) is 0 Å². The van der Waals surface area contributed by atoms with Crippen molar-refractivity contribution < 1.29 is 61.8 Å². The molecule has 0 aliphatic rings. The first-order chi connectivity index (χ1) is 17.0. The minimum absolute atomic E-state index is 0.0234. The maximum Gasteiger partial charge on any atom is 0.472 e. The Hall–Kier alpha value is -2.38. The molecule has 36 heavy (non-hydrogen) atoms. The standard InChI is InChI=1S/C21H36NO13P/c1-3-20(27)32-14-17(35-21(28)4-2)15-34-36(29,30)33-12-5-7-16(23)13-31-11-6-10-22-18(24)8-9-19(25)26/h17H,3-15H2,1-2H3,(H,22,24)(H,25,26)(H,29,30)/t17-/m1/s1. The number of amides is 1. The Kier molecular flexibility index (Phi) is 18.5. The SMILES string of the molecule is CCC(=O)OC[C@H](COP(=O)(O)OCCCC(=O)COCCCNC(=O)CCC(=O)O)OC(=O)CC. The van der Waals surface area contributed by atoms with Crippen LogP contribution in [-0.2, 0) is 51.8 Å². The van der Waals surface area contributed by atoms with E-state index in [9.17, 15) is 33.4 Å². The summed E-state index contributed by atoms with van der Waals surface area (Å²) in [7, 11) is -4.51. The van der Waals surface area contributed by atoms with Crippen molar-refractivity contribution in [3.63, 3.8) is 0 Å². The quantitative estimate of drug-likeness (QED) is 0.100. The van der Waals surface area contributed by atoms with Gasteiger partial charge in [0.2, 0.25) is 5.91 Å². The van der Waals surface area contributed by atoms with Crippen LogP contribution in [0.4, 0.5) is 0 Å². The van der Waals surface area contributed by atoms with E-state index in [-0.39, 0.29) is 83.2 Å². The summed E-state index contributed by atoms with van der Waals surface area (Å²) in [4.78, 5) is 66.0. The van der Waals surface area contributed by atoms with Gasteiger partial charge >= 0.3 is 25.7 Å². The molecule has 0 spiro atoms. The summed E-state index contributed by atoms with van der Waals surface area (Å²) in [6.45, 7) is 2.30. The minimum Gasteiger partial charge on any atom is -0.481 e. The van der Waals surface area contributed by atoms with Crippen LogP contribution >= 0.6 is 7.82 Å². The van der Waals surface area contributed by atoms with Crippen LogP contribution in [0.1, 0.15) is 58.8 Å². The summed E-state index contributed by atoms with van der Waals surface area (Å²) < 4.78 is 36.7. The number of ketones is 1. The van der Waals surface area contributed by atoms with Crippen molar-refractivity contribution in [2.75, 3.05) is 39.6 Å². The van der Waals surface area contributed by atoms with E-state index in [4.69, 9.17) is 28.4 Å². The molecule has 1 unspecified atom stereocenters. The molecule has 0 aliphatic heterocycles. The van der Waals surface area contributed by atoms with E-state index in [1.54, 1.807) is 13.8 Å². The molecule has 2 atom stereocenters. The number of carbonyl (C=O) groups is 5. The number of rotatable bonds is 22. The van der Waals surface area contributed by atoms with Crippen molar-refractivity contribution in [3.05, 3.63) is 0 Å². The fraction of sp³-hybridized carbons (Fsp3) is 0.762. The van der Waals surface area contributed by atoms with Gasteiger partial charge in [-0.05, 0) is 12.8 Å². The number of carboxylic acids is 1. The van der Waals surface area contributed by atoms with E-state index >= 15 is 0 Å². The van der Waals surface area contributed by atoms with Gasteiger partial charge < -0.3 is 29.5 Å². The Morgan fingerprint density at radius 3 is 2.22 bits per heavy atom. The van der Waals surface area contributed by atoms with Crippen LogP contribution < -0.4 is 5.32 Å². The highest BCUT2D eigenvalue weighted by atomic mass is 31.2. The predicted octanol–water partition coefficient (Wildman–Crippen LogP) is 1.13. The van der Waals surface area contributed by atoms with E-state index in [0.29, 0.717) is 6.42 Å². The summed E-state index contributed by atoms with van der Waals surface area (Å²) in [5.74, 6) is -2.84. The van der Waals surface area contributed by atoms with Crippen LogP contribution in [0.15, 0.2) is 0 Å². The van der Waals surface area contributed by atoms with Crippen LogP contribution in [0.5, 0.6) is 0 Å². The molecule has 0 aromatic heterocycles. The monoisotopic (exact) mass is 541 g/mol. The molecule has 0 bridgehead atoms. The minimum atomic E-state index is -4.51. The smallest absolute Gasteiger partial charge is 0.472 e. The molecule has 0 fully saturated rings. The Morgan fingerprint density at radius 1 is 0.889 bits per heavy atom. The second-order valence-corrected chi connectivity index (χ2v) is 8.85. The molecule has 3 N–H and O–H groups in total. The summed E-state index contributed by atoms with van der Waals surface area (Å²) in [6.07, 6.45) is -0.703. The fourth-order valence-electron chi connectivity index (χ4n) is 2.31. The molecular formula is C21H36NO13P. The Balaban J connectivity index is 4.05. The average molecular weight is 541 g/mol. The average Bonchev–Trinajstić information content (AvgIpc) is 2.83. The number of phosphoric ester groups is 1. The number of hydrogen-bond donors (Lipinski definition) is 3. The first-order valence-corrected chi connectivity index (χ1v) is 13.0. The van der Waals surface area contributed by atoms with E-state index in [0.717, 1.165) is 0 Å². The van der Waals surface area contributed by atoms with Gasteiger partial charge in [-0.25, -0.2) is 4.57 Å². The van der Waals surface area contributed by atoms with Gasteiger partial charge in [0, 0.05) is 38.8 Å². The predicted molar refractivity (Wildman–Crippen MR) is 123 cm³/mol. The maximum atomic E-state index is 12.0. The van der Waals surface area contributed by atoms with Gasteiger partial charge in [-0.1, -0.05) is 13.8 Å². The van der Waals surface area contributed by atoms with E-state index in [2.05, 4.69) is 5.32 Å². The van der Waals surface area contributed by atoms with E-state index in [1.807, 2.05) is 0 Å². The third kappa shape index (κ3) is 19.9. The largest absolute Gasteiger partial charge is 0.481 e. The van der Waals surface area contributed by atoms with Crippen molar-refractivity contribution in [2.45, 2.75) is 64.9 Å². The highest BCUT2D eigenvalue weighted by Crippen LogP contribution is 2.43. The second kappa shape index (κ2) is 19.8. The first-order valence-electron chi connectivity index (χ1n) is 11.5. The zero-order chi connectivity index (χ0) is 27.4. The number of carboxylic acid groups (broad SMARTS) is 1. The van der Waals surface area contributed by atoms with E-state index in [1.165, 1.54) is 0 Å². The normalized spacial score (nSPS) is 13.3. The molecule has 14 nitrogen and oxygen atoms in total. The number of aliphatic carboxylic acids is 1. The van der Waals surface area contributed by atoms with Crippen molar-refractivity contribution in [2.24, 2.45) is 0 Å². The molecule has 0 aromatic rings. The van der Waals surface area contributed by atoms with Crippen molar-refractivity contribution in [3.8, 4) is 0 Å². The third-order valence-electron chi connectivity index (χ3n) is 4.20. The number of phosphoric acid groups is 1. The first kappa shape index (κ1) is 33.6. The van der Waals surface area contributed by atoms with Crippen LogP contribution in [0, 0.1) is 0 Å². The molecule has 0 aliphatic carbocycles. The lowest BCUT2D eigenvalue weighted by atomic mass is 10.2. The van der Waals surface area contributed by atoms with Crippen LogP contribution in [0.3, 0.4) is 0 Å². The topological polar surface area (TPSA) is 201 Å². The van der Waals surface area contributed by atoms with Crippen LogP contribution in [-0.4, -0.2) is 85.3 Å². The highest BCUT2D eigenvalue weighted by Gasteiger charge is 2.25. The Labute approximate surface area is 209 Å². The second-order valence-electron chi connectivity index (χ2n) is 7.39. The van der Waals surface area contributed by atoms with Gasteiger partial charge in [-0.15, -0.1) is 0 Å². The molecule has 0 aromatic carbocycles. The Bertz CT molecular complexity index is 758. The van der Waals surface area contributed by atoms with Gasteiger partial charge in [0.05, 0.1) is 19.6 Å². The molecule has 1 amide bonds. The number of Topliss-reactive ketones (excluding diaryl/α,β-unsaturated/α-hetero) is 1. The lowest BCUT2D eigenvalue weighted by Crippen LogP contribution is -2.29. The summed E-state index contributed by atoms with van der Waals surface area (Å²) in [6, 6.07) is 0. The van der Waals surface area contributed by atoms with Gasteiger partial charge in [-0.2, -0.15) is 0 Å². The summed E-state index contributed by atoms with van der Waals surface area (Å²) >= 11 is 0. The van der Waals surface area contributed by atoms with E-state index < -0.39 is 38.4 Å². The number of ether oxygens (including phenoxy) is 3. The fourth-order valence-corrected chi connectivity index (χ4v) is 3.10. The molecule has 0 heterocycles. The molecule has 15 heteroatoms. The molecule has 0 saturated carbocycles. The zero-order valence-electron chi connectivity index (χ0n) is 20.6. The number of carbonyl (C=O) groups excluding carboxylic acids is 4. The molecular weight excluding hydrogens is 505 g/mol. The number of hydrogen-bond acceptors (Lipinski definition) is 11. The van der Waals surface area contributed by atoms with Crippen molar-refractivity contribution in [1.82, 2.24) is 5.32 Å². The zero-order valence-corrected chi connectivity index (χ0v) is 21.5. The molecule has 0 saturated heterocycles. The van der Waals surface area contributed by atoms with Gasteiger partial charge in [0.25, 0.3) is 0 Å². The summed E-state index contributed by atoms with van der Waals surface area (Å²) in [5.41, 5.74) is 0. The molecule has 208 valence electrons. The van der Waals surface area contributed by atoms with Gasteiger partial charge in [0.15, 0.2) is 11.9 Å². The lowest BCUT2D eigenvalue weighted by Gasteiger charge is -2.19. The van der Waals surface area contributed by atoms with Crippen LogP contribution in [0.25, 0.3) is 0 Å². The lowest BCUT2D eigenvalue weighted by molar-refractivity contribution is -0.160. The number of nitrogens with one attached hydrogen (secondary N) is 1. The summed E-state index contributed by atoms with van der Waals surface area (Å²) in [5, 5.41) is 11.0. The Morgan fingerprint density at radius 2 is 1.58 bits per heavy atom. The molecule has 0 rings (SSSR count). The maximum absolute atomic E-state index is 12.0. The number of esters is 2. The molecule has 0 radical (unpaired) electrons. The van der Waals surface area contributed by atoms with Gasteiger partial charge in [-0.3, -0.25) is 33.0 Å². The third-order valence-corrected chi connectivity index (χ3v) is 5.18. The van der Waals surface area contributed by atoms with Crippen molar-refractivity contribution >= 4 is 37.4 Å².